The molecule has 220 valence electrons. The number of hydrogen-bond acceptors (Lipinski definition) is 8. The predicted molar refractivity (Wildman–Crippen MR) is 158 cm³/mol. The number of carbonyl (C=O) groups excluding carboxylic acids is 2. The monoisotopic (exact) mass is 572 g/mol. The van der Waals surface area contributed by atoms with Crippen molar-refractivity contribution in [1.82, 2.24) is 9.80 Å². The number of benzene rings is 3. The molecule has 1 atom stereocenters. The summed E-state index contributed by atoms with van der Waals surface area (Å²) in [5.74, 6) is 0.0183. The molecular weight excluding hydrogens is 536 g/mol. The minimum absolute atomic E-state index is 0.0373. The van der Waals surface area contributed by atoms with Crippen molar-refractivity contribution in [3.63, 3.8) is 0 Å². The summed E-state index contributed by atoms with van der Waals surface area (Å²) in [7, 11) is 3.11. The van der Waals surface area contributed by atoms with E-state index in [1.165, 1.54) is 0 Å². The molecule has 42 heavy (non-hydrogen) atoms. The number of nitrogens with zero attached hydrogens (tertiary/aromatic N) is 2. The number of Topliss-reactive ketones (excluding diaryl/α,β-unsaturated/α-hetero) is 1. The molecule has 1 amide bonds. The molecule has 1 unspecified atom stereocenters. The van der Waals surface area contributed by atoms with Crippen LogP contribution in [0, 0.1) is 6.92 Å². The quantitative estimate of drug-likeness (QED) is 0.218. The average molecular weight is 573 g/mol. The first kappa shape index (κ1) is 29.2. The maximum absolute atomic E-state index is 13.6. The Morgan fingerprint density at radius 1 is 0.929 bits per heavy atom. The number of hydrogen-bond donors (Lipinski definition) is 1. The molecule has 0 aromatic heterocycles. The highest BCUT2D eigenvalue weighted by atomic mass is 16.5. The van der Waals surface area contributed by atoms with Gasteiger partial charge in [0.05, 0.1) is 39.0 Å². The Morgan fingerprint density at radius 3 is 2.38 bits per heavy atom. The summed E-state index contributed by atoms with van der Waals surface area (Å²) >= 11 is 0. The van der Waals surface area contributed by atoms with E-state index in [-0.39, 0.29) is 11.3 Å². The molecule has 2 aliphatic rings. The van der Waals surface area contributed by atoms with Crippen LogP contribution in [0.3, 0.4) is 0 Å². The molecular formula is C33H36N2O7. The van der Waals surface area contributed by atoms with Gasteiger partial charge in [0.25, 0.3) is 11.7 Å². The van der Waals surface area contributed by atoms with E-state index in [2.05, 4.69) is 4.90 Å². The lowest BCUT2D eigenvalue weighted by molar-refractivity contribution is -0.140. The van der Waals surface area contributed by atoms with Crippen molar-refractivity contribution in [2.45, 2.75) is 19.6 Å². The van der Waals surface area contributed by atoms with Gasteiger partial charge in [-0.2, -0.15) is 0 Å². The van der Waals surface area contributed by atoms with Crippen LogP contribution in [0.25, 0.3) is 5.76 Å². The van der Waals surface area contributed by atoms with Crippen molar-refractivity contribution in [2.24, 2.45) is 0 Å². The van der Waals surface area contributed by atoms with Crippen molar-refractivity contribution in [3.05, 3.63) is 94.6 Å². The van der Waals surface area contributed by atoms with Crippen LogP contribution in [0.1, 0.15) is 28.3 Å². The topological polar surface area (TPSA) is 97.8 Å². The third kappa shape index (κ3) is 6.12. The molecule has 1 N–H and O–H groups in total. The molecule has 2 saturated heterocycles. The minimum atomic E-state index is -0.815. The number of ketones is 1. The van der Waals surface area contributed by atoms with Gasteiger partial charge in [-0.15, -0.1) is 0 Å². The molecule has 0 spiro atoms. The highest BCUT2D eigenvalue weighted by Gasteiger charge is 2.46. The van der Waals surface area contributed by atoms with E-state index in [9.17, 15) is 14.7 Å². The number of rotatable bonds is 10. The first-order chi connectivity index (χ1) is 20.4. The Balaban J connectivity index is 1.53. The largest absolute Gasteiger partial charge is 0.507 e. The van der Waals surface area contributed by atoms with Crippen LogP contribution in [0.4, 0.5) is 0 Å². The van der Waals surface area contributed by atoms with Crippen LogP contribution < -0.4 is 14.2 Å². The Bertz CT molecular complexity index is 1460. The Hall–Kier alpha value is -4.34. The van der Waals surface area contributed by atoms with Crippen LogP contribution in [-0.4, -0.2) is 80.2 Å². The van der Waals surface area contributed by atoms with Gasteiger partial charge in [0.1, 0.15) is 18.1 Å². The fourth-order valence-electron chi connectivity index (χ4n) is 5.41. The minimum Gasteiger partial charge on any atom is -0.507 e. The predicted octanol–water partition coefficient (Wildman–Crippen LogP) is 4.35. The number of aliphatic hydroxyl groups excluding tert-OH is 1. The van der Waals surface area contributed by atoms with Crippen molar-refractivity contribution in [2.75, 3.05) is 53.6 Å². The summed E-state index contributed by atoms with van der Waals surface area (Å²) in [6.07, 6.45) is 0. The smallest absolute Gasteiger partial charge is 0.295 e. The van der Waals surface area contributed by atoms with E-state index >= 15 is 0 Å². The molecule has 2 heterocycles. The van der Waals surface area contributed by atoms with Crippen molar-refractivity contribution < 1.29 is 33.6 Å². The summed E-state index contributed by atoms with van der Waals surface area (Å²) < 4.78 is 22.5. The molecule has 2 fully saturated rings. The highest BCUT2D eigenvalue weighted by Crippen LogP contribution is 2.42. The van der Waals surface area contributed by atoms with Crippen LogP contribution >= 0.6 is 0 Å². The second-order valence-corrected chi connectivity index (χ2v) is 10.3. The first-order valence-electron chi connectivity index (χ1n) is 14.0. The van der Waals surface area contributed by atoms with Crippen LogP contribution in [0.2, 0.25) is 0 Å². The number of amides is 1. The Kier molecular flexibility index (Phi) is 9.09. The number of carbonyl (C=O) groups is 2. The van der Waals surface area contributed by atoms with Gasteiger partial charge in [-0.1, -0.05) is 36.4 Å². The van der Waals surface area contributed by atoms with E-state index in [1.807, 2.05) is 43.3 Å². The van der Waals surface area contributed by atoms with E-state index < -0.39 is 17.7 Å². The summed E-state index contributed by atoms with van der Waals surface area (Å²) in [4.78, 5) is 30.8. The molecule has 3 aromatic rings. The Labute approximate surface area is 245 Å². The molecule has 5 rings (SSSR count). The maximum Gasteiger partial charge on any atom is 0.295 e. The van der Waals surface area contributed by atoms with E-state index in [0.29, 0.717) is 66.8 Å². The molecule has 9 nitrogen and oxygen atoms in total. The number of likely N-dealkylation sites (tertiary alicyclic amines) is 1. The zero-order chi connectivity index (χ0) is 29.6. The highest BCUT2D eigenvalue weighted by molar-refractivity contribution is 6.46. The molecule has 2 aliphatic heterocycles. The number of morpholine rings is 1. The summed E-state index contributed by atoms with van der Waals surface area (Å²) in [6.45, 7) is 5.81. The third-order valence-electron chi connectivity index (χ3n) is 7.73. The van der Waals surface area contributed by atoms with E-state index in [1.54, 1.807) is 49.5 Å². The second-order valence-electron chi connectivity index (χ2n) is 10.3. The SMILES string of the molecule is COc1ccc(/C(O)=C2\C(=O)C(=O)N(CCN3CCOCC3)C2c2ccc(OCc3ccccc3)c(OC)c2)c(C)c1. The summed E-state index contributed by atoms with van der Waals surface area (Å²) in [6, 6.07) is 19.5. The van der Waals surface area contributed by atoms with Gasteiger partial charge < -0.3 is 29.0 Å². The van der Waals surface area contributed by atoms with Gasteiger partial charge in [0.15, 0.2) is 11.5 Å². The lowest BCUT2D eigenvalue weighted by Crippen LogP contribution is -2.42. The molecule has 9 heteroatoms. The maximum atomic E-state index is 13.6. The van der Waals surface area contributed by atoms with Crippen molar-refractivity contribution in [1.29, 1.82) is 0 Å². The number of aryl methyl sites for hydroxylation is 1. The van der Waals surface area contributed by atoms with Crippen LogP contribution in [0.5, 0.6) is 17.2 Å². The second kappa shape index (κ2) is 13.1. The van der Waals surface area contributed by atoms with Crippen LogP contribution in [0.15, 0.2) is 72.3 Å². The first-order valence-corrected chi connectivity index (χ1v) is 14.0. The molecule has 0 aliphatic carbocycles. The zero-order valence-electron chi connectivity index (χ0n) is 24.2. The normalized spacial score (nSPS) is 18.7. The van der Waals surface area contributed by atoms with E-state index in [0.717, 1.165) is 18.7 Å². The zero-order valence-corrected chi connectivity index (χ0v) is 24.2. The van der Waals surface area contributed by atoms with Crippen LogP contribution in [-0.2, 0) is 20.9 Å². The Morgan fingerprint density at radius 2 is 1.69 bits per heavy atom. The van der Waals surface area contributed by atoms with Gasteiger partial charge in [-0.05, 0) is 53.9 Å². The van der Waals surface area contributed by atoms with Gasteiger partial charge in [-0.3, -0.25) is 14.5 Å². The lowest BCUT2D eigenvalue weighted by Gasteiger charge is -2.31. The number of methoxy groups -OCH3 is 2. The summed E-state index contributed by atoms with van der Waals surface area (Å²) in [5, 5.41) is 11.6. The third-order valence-corrected chi connectivity index (χ3v) is 7.73. The lowest BCUT2D eigenvalue weighted by atomic mass is 9.93. The molecule has 0 saturated carbocycles. The molecule has 0 radical (unpaired) electrons. The van der Waals surface area contributed by atoms with E-state index in [4.69, 9.17) is 18.9 Å². The number of ether oxygens (including phenoxy) is 4. The molecule has 3 aromatic carbocycles. The number of aliphatic hydroxyl groups is 1. The van der Waals surface area contributed by atoms with Crippen molar-refractivity contribution in [3.8, 4) is 17.2 Å². The summed E-state index contributed by atoms with van der Waals surface area (Å²) in [5.41, 5.74) is 2.85. The fraction of sp³-hybridized carbons (Fsp3) is 0.333. The molecule has 0 bridgehead atoms. The van der Waals surface area contributed by atoms with Gasteiger partial charge >= 0.3 is 0 Å². The van der Waals surface area contributed by atoms with Crippen molar-refractivity contribution >= 4 is 17.4 Å². The van der Waals surface area contributed by atoms with Gasteiger partial charge in [-0.25, -0.2) is 0 Å². The average Bonchev–Trinajstić information content (AvgIpc) is 3.28. The van der Waals surface area contributed by atoms with Gasteiger partial charge in [0.2, 0.25) is 0 Å². The fourth-order valence-corrected chi connectivity index (χ4v) is 5.41. The standard InChI is InChI=1S/C33H36N2O7/c1-22-19-25(39-2)10-11-26(22)31(36)29-30(35(33(38)32(29)37)14-13-34-15-17-41-18-16-34)24-9-12-27(28(20-24)40-3)42-21-23-7-5-4-6-8-23/h4-12,19-20,30,36H,13-18,21H2,1-3H3/b31-29+. The van der Waals surface area contributed by atoms with Gasteiger partial charge in [0, 0.05) is 31.7 Å².